The number of hydrogen-bond acceptors (Lipinski definition) is 6. The molecule has 0 aliphatic carbocycles. The molecule has 1 atom stereocenters. The Kier molecular flexibility index (Phi) is 8.54. The van der Waals surface area contributed by atoms with Gasteiger partial charge in [-0.1, -0.05) is 71.9 Å². The lowest BCUT2D eigenvalue weighted by Crippen LogP contribution is -2.45. The number of rotatable bonds is 11. The molecule has 5 aromatic rings. The lowest BCUT2D eigenvalue weighted by atomic mass is 10.0. The lowest BCUT2D eigenvalue weighted by molar-refractivity contribution is -0.127. The molecule has 1 aromatic heterocycles. The van der Waals surface area contributed by atoms with Crippen LogP contribution in [0, 0.1) is 0 Å². The first-order valence-corrected chi connectivity index (χ1v) is 13.4. The highest BCUT2D eigenvalue weighted by molar-refractivity contribution is 6.02. The van der Waals surface area contributed by atoms with Crippen LogP contribution in [0.4, 0.5) is 5.69 Å². The number of hydrogen-bond donors (Lipinski definition) is 1. The summed E-state index contributed by atoms with van der Waals surface area (Å²) in [6.45, 7) is 2.41. The van der Waals surface area contributed by atoms with Crippen LogP contribution in [0.5, 0.6) is 11.5 Å². The number of nitrogens with one attached hydrogen (secondary N) is 1. The van der Waals surface area contributed by atoms with Crippen molar-refractivity contribution >= 4 is 28.5 Å². The van der Waals surface area contributed by atoms with E-state index in [1.54, 1.807) is 42.1 Å². The zero-order valence-corrected chi connectivity index (χ0v) is 22.9. The molecule has 9 heteroatoms. The standard InChI is InChI=1S/C32H31N5O4/c1-3-41-29-19-10-9-18-28(29)37(30(38)22-36-27-17-8-7-16-26(27)34-35-36)31(24-14-11-15-25(20-24)40-2)32(39)33-21-23-12-5-4-6-13-23/h4-20,31H,3,21-22H2,1-2H3,(H,33,39). The fourth-order valence-electron chi connectivity index (χ4n) is 4.70. The van der Waals surface area contributed by atoms with E-state index in [0.717, 1.165) is 5.56 Å². The maximum absolute atomic E-state index is 14.3. The van der Waals surface area contributed by atoms with Crippen LogP contribution in [-0.2, 0) is 22.7 Å². The van der Waals surface area contributed by atoms with Gasteiger partial charge in [-0.2, -0.15) is 0 Å². The summed E-state index contributed by atoms with van der Waals surface area (Å²) in [5.41, 5.74) is 3.37. The first-order valence-electron chi connectivity index (χ1n) is 13.4. The van der Waals surface area contributed by atoms with Crippen LogP contribution in [0.3, 0.4) is 0 Å². The number of fused-ring (bicyclic) bond motifs is 1. The number of carbonyl (C=O) groups is 2. The smallest absolute Gasteiger partial charge is 0.249 e. The molecular formula is C32H31N5O4. The summed E-state index contributed by atoms with van der Waals surface area (Å²) in [4.78, 5) is 29.9. The molecule has 2 amide bonds. The topological polar surface area (TPSA) is 98.6 Å². The molecule has 1 N–H and O–H groups in total. The molecule has 5 rings (SSSR count). The second-order valence-electron chi connectivity index (χ2n) is 9.28. The van der Waals surface area contributed by atoms with Crippen molar-refractivity contribution in [1.29, 1.82) is 0 Å². The second kappa shape index (κ2) is 12.8. The van der Waals surface area contributed by atoms with Crippen molar-refractivity contribution in [3.05, 3.63) is 114 Å². The van der Waals surface area contributed by atoms with Crippen LogP contribution in [0.15, 0.2) is 103 Å². The van der Waals surface area contributed by atoms with Gasteiger partial charge < -0.3 is 14.8 Å². The van der Waals surface area contributed by atoms with Crippen LogP contribution < -0.4 is 19.7 Å². The number of aromatic nitrogens is 3. The van der Waals surface area contributed by atoms with Gasteiger partial charge in [0.15, 0.2) is 0 Å². The van der Waals surface area contributed by atoms with Gasteiger partial charge in [-0.3, -0.25) is 14.5 Å². The number of para-hydroxylation sites is 3. The molecule has 1 heterocycles. The summed E-state index contributed by atoms with van der Waals surface area (Å²) < 4.78 is 12.9. The van der Waals surface area contributed by atoms with Gasteiger partial charge in [0.25, 0.3) is 0 Å². The van der Waals surface area contributed by atoms with Gasteiger partial charge >= 0.3 is 0 Å². The largest absolute Gasteiger partial charge is 0.497 e. The summed E-state index contributed by atoms with van der Waals surface area (Å²) in [6.07, 6.45) is 0. The van der Waals surface area contributed by atoms with Gasteiger partial charge in [0, 0.05) is 6.54 Å². The molecule has 0 radical (unpaired) electrons. The molecule has 0 aliphatic rings. The van der Waals surface area contributed by atoms with Crippen molar-refractivity contribution in [3.63, 3.8) is 0 Å². The molecule has 0 aliphatic heterocycles. The molecule has 0 saturated carbocycles. The Hall–Kier alpha value is -5.18. The molecule has 4 aromatic carbocycles. The summed E-state index contributed by atoms with van der Waals surface area (Å²) >= 11 is 0. The highest BCUT2D eigenvalue weighted by Gasteiger charge is 2.35. The van der Waals surface area contributed by atoms with E-state index in [4.69, 9.17) is 9.47 Å². The number of benzene rings is 4. The minimum Gasteiger partial charge on any atom is -0.497 e. The first-order chi connectivity index (χ1) is 20.1. The fraction of sp³-hybridized carbons (Fsp3) is 0.188. The van der Waals surface area contributed by atoms with E-state index in [1.165, 1.54) is 4.90 Å². The quantitative estimate of drug-likeness (QED) is 0.251. The zero-order chi connectivity index (χ0) is 28.6. The SMILES string of the molecule is CCOc1ccccc1N(C(=O)Cn1nnc2ccccc21)C(C(=O)NCc1ccccc1)c1cccc(OC)c1. The lowest BCUT2D eigenvalue weighted by Gasteiger charge is -2.32. The van der Waals surface area contributed by atoms with E-state index < -0.39 is 6.04 Å². The van der Waals surface area contributed by atoms with E-state index in [9.17, 15) is 9.59 Å². The summed E-state index contributed by atoms with van der Waals surface area (Å²) in [5, 5.41) is 11.4. The monoisotopic (exact) mass is 549 g/mol. The average molecular weight is 550 g/mol. The van der Waals surface area contributed by atoms with E-state index >= 15 is 0 Å². The Morgan fingerprint density at radius 3 is 2.49 bits per heavy atom. The highest BCUT2D eigenvalue weighted by Crippen LogP contribution is 2.36. The number of amides is 2. The minimum absolute atomic E-state index is 0.145. The van der Waals surface area contributed by atoms with Gasteiger partial charge in [-0.05, 0) is 54.4 Å². The first kappa shape index (κ1) is 27.4. The molecule has 9 nitrogen and oxygen atoms in total. The predicted molar refractivity (Wildman–Crippen MR) is 157 cm³/mol. The van der Waals surface area contributed by atoms with Crippen LogP contribution in [0.1, 0.15) is 24.1 Å². The Labute approximate surface area is 238 Å². The van der Waals surface area contributed by atoms with Crippen molar-refractivity contribution in [2.75, 3.05) is 18.6 Å². The number of carbonyl (C=O) groups excluding carboxylic acids is 2. The van der Waals surface area contributed by atoms with Crippen LogP contribution in [0.2, 0.25) is 0 Å². The summed E-state index contributed by atoms with van der Waals surface area (Å²) in [5.74, 6) is 0.326. The summed E-state index contributed by atoms with van der Waals surface area (Å²) in [7, 11) is 1.56. The van der Waals surface area contributed by atoms with Crippen molar-refractivity contribution in [1.82, 2.24) is 20.3 Å². The third-order valence-electron chi connectivity index (χ3n) is 6.62. The fourth-order valence-corrected chi connectivity index (χ4v) is 4.70. The second-order valence-corrected chi connectivity index (χ2v) is 9.28. The van der Waals surface area contributed by atoms with Crippen molar-refractivity contribution in [2.24, 2.45) is 0 Å². The van der Waals surface area contributed by atoms with Gasteiger partial charge in [0.1, 0.15) is 29.6 Å². The van der Waals surface area contributed by atoms with E-state index in [1.807, 2.05) is 79.7 Å². The number of nitrogens with zero attached hydrogens (tertiary/aromatic N) is 4. The number of anilines is 1. The molecule has 208 valence electrons. The van der Waals surface area contributed by atoms with Gasteiger partial charge in [0.05, 0.1) is 24.9 Å². The zero-order valence-electron chi connectivity index (χ0n) is 22.9. The van der Waals surface area contributed by atoms with Crippen LogP contribution >= 0.6 is 0 Å². The molecule has 0 spiro atoms. The molecule has 0 fully saturated rings. The van der Waals surface area contributed by atoms with Gasteiger partial charge in [-0.25, -0.2) is 4.68 Å². The van der Waals surface area contributed by atoms with E-state index in [2.05, 4.69) is 15.6 Å². The van der Waals surface area contributed by atoms with Gasteiger partial charge in [0.2, 0.25) is 11.8 Å². The Bertz CT molecular complexity index is 1640. The highest BCUT2D eigenvalue weighted by atomic mass is 16.5. The van der Waals surface area contributed by atoms with Crippen LogP contribution in [0.25, 0.3) is 11.0 Å². The number of ether oxygens (including phenoxy) is 2. The average Bonchev–Trinajstić information content (AvgIpc) is 3.42. The Balaban J connectivity index is 1.61. The molecular weight excluding hydrogens is 518 g/mol. The Morgan fingerprint density at radius 2 is 1.68 bits per heavy atom. The van der Waals surface area contributed by atoms with Crippen molar-refractivity contribution in [2.45, 2.75) is 26.1 Å². The third-order valence-corrected chi connectivity index (χ3v) is 6.62. The molecule has 0 saturated heterocycles. The maximum Gasteiger partial charge on any atom is 0.249 e. The van der Waals surface area contributed by atoms with Gasteiger partial charge in [-0.15, -0.1) is 5.10 Å². The van der Waals surface area contributed by atoms with Crippen molar-refractivity contribution in [3.8, 4) is 11.5 Å². The number of methoxy groups -OCH3 is 1. The maximum atomic E-state index is 14.3. The molecule has 0 bridgehead atoms. The third kappa shape index (κ3) is 6.19. The van der Waals surface area contributed by atoms with E-state index in [-0.39, 0.29) is 18.4 Å². The predicted octanol–water partition coefficient (Wildman–Crippen LogP) is 4.93. The van der Waals surface area contributed by atoms with Crippen molar-refractivity contribution < 1.29 is 19.1 Å². The molecule has 1 unspecified atom stereocenters. The Morgan fingerprint density at radius 1 is 0.927 bits per heavy atom. The van der Waals surface area contributed by atoms with Crippen LogP contribution in [-0.4, -0.2) is 40.5 Å². The van der Waals surface area contributed by atoms with E-state index in [0.29, 0.717) is 46.9 Å². The minimum atomic E-state index is -1.04. The molecule has 41 heavy (non-hydrogen) atoms. The normalized spacial score (nSPS) is 11.6. The summed E-state index contributed by atoms with van der Waals surface area (Å²) in [6, 6.07) is 30.4.